The van der Waals surface area contributed by atoms with E-state index in [0.717, 1.165) is 41.7 Å². The molecule has 3 rings (SSSR count). The molecule has 0 amide bonds. The molecule has 1 heterocycles. The Morgan fingerprint density at radius 2 is 2.24 bits per heavy atom. The number of thioether (sulfide) groups is 1. The Hall–Kier alpha value is -1.53. The summed E-state index contributed by atoms with van der Waals surface area (Å²) in [7, 11) is 0. The van der Waals surface area contributed by atoms with Gasteiger partial charge in [-0.3, -0.25) is 9.36 Å². The quantitative estimate of drug-likeness (QED) is 0.855. The molecule has 1 N–H and O–H groups in total. The number of hydrogen-bond acceptors (Lipinski definition) is 4. The average Bonchev–Trinajstić information content (AvgIpc) is 3.18. The zero-order chi connectivity index (χ0) is 15.0. The topological polar surface area (TPSA) is 68.0 Å². The summed E-state index contributed by atoms with van der Waals surface area (Å²) >= 11 is 7.52. The number of benzene rings is 1. The first kappa shape index (κ1) is 14.4. The van der Waals surface area contributed by atoms with Gasteiger partial charge in [0.15, 0.2) is 5.16 Å². The highest BCUT2D eigenvalue weighted by Gasteiger charge is 2.32. The van der Waals surface area contributed by atoms with E-state index < -0.39 is 5.97 Å². The van der Waals surface area contributed by atoms with Crippen LogP contribution in [0.4, 0.5) is 0 Å². The highest BCUT2D eigenvalue weighted by molar-refractivity contribution is 7.99. The molecule has 0 bridgehead atoms. The summed E-state index contributed by atoms with van der Waals surface area (Å²) in [6.45, 7) is 1.98. The van der Waals surface area contributed by atoms with Crippen LogP contribution in [0.5, 0.6) is 0 Å². The molecule has 1 aromatic carbocycles. The van der Waals surface area contributed by atoms with Crippen molar-refractivity contribution in [2.75, 3.05) is 5.75 Å². The van der Waals surface area contributed by atoms with Crippen LogP contribution < -0.4 is 0 Å². The molecule has 1 saturated carbocycles. The number of para-hydroxylation sites is 1. The van der Waals surface area contributed by atoms with E-state index in [-0.39, 0.29) is 5.75 Å². The van der Waals surface area contributed by atoms with E-state index in [1.165, 1.54) is 0 Å². The number of aliphatic carboxylic acids is 1. The summed E-state index contributed by atoms with van der Waals surface area (Å²) in [5.41, 5.74) is 1.86. The summed E-state index contributed by atoms with van der Waals surface area (Å²) in [5, 5.41) is 18.5. The fourth-order valence-electron chi connectivity index (χ4n) is 2.22. The van der Waals surface area contributed by atoms with Crippen molar-refractivity contribution in [2.24, 2.45) is 0 Å². The number of nitrogens with zero attached hydrogens (tertiary/aromatic N) is 3. The summed E-state index contributed by atoms with van der Waals surface area (Å²) in [4.78, 5) is 10.8. The molecule has 1 aliphatic carbocycles. The van der Waals surface area contributed by atoms with Crippen LogP contribution in [0.1, 0.15) is 30.1 Å². The molecule has 1 fully saturated rings. The standard InChI is InChI=1S/C14H14ClN3O2S/c1-8-3-2-4-10(15)12(8)18-13(9-5-6-9)16-17-14(18)21-7-11(19)20/h2-4,9H,5-7H2,1H3,(H,19,20). The predicted octanol–water partition coefficient (Wildman–Crippen LogP) is 3.28. The molecular weight excluding hydrogens is 310 g/mol. The molecule has 0 radical (unpaired) electrons. The van der Waals surface area contributed by atoms with Gasteiger partial charge in [-0.1, -0.05) is 35.5 Å². The van der Waals surface area contributed by atoms with Crippen molar-refractivity contribution in [3.63, 3.8) is 0 Å². The number of hydrogen-bond donors (Lipinski definition) is 1. The first-order valence-electron chi connectivity index (χ1n) is 6.63. The highest BCUT2D eigenvalue weighted by Crippen LogP contribution is 2.42. The van der Waals surface area contributed by atoms with Crippen LogP contribution in [-0.2, 0) is 4.79 Å². The van der Waals surface area contributed by atoms with Gasteiger partial charge in [0.25, 0.3) is 0 Å². The lowest BCUT2D eigenvalue weighted by Crippen LogP contribution is -2.06. The number of aromatic nitrogens is 3. The van der Waals surface area contributed by atoms with E-state index in [2.05, 4.69) is 10.2 Å². The lowest BCUT2D eigenvalue weighted by atomic mass is 10.2. The first-order valence-corrected chi connectivity index (χ1v) is 7.99. The Bertz CT molecular complexity index is 677. The van der Waals surface area contributed by atoms with Crippen LogP contribution in [-0.4, -0.2) is 31.6 Å². The van der Waals surface area contributed by atoms with Gasteiger partial charge in [-0.25, -0.2) is 0 Å². The van der Waals surface area contributed by atoms with Crippen molar-refractivity contribution in [3.05, 3.63) is 34.6 Å². The number of aryl methyl sites for hydroxylation is 1. The third kappa shape index (κ3) is 2.91. The Balaban J connectivity index is 2.09. The molecule has 21 heavy (non-hydrogen) atoms. The molecule has 0 spiro atoms. The molecule has 0 aliphatic heterocycles. The van der Waals surface area contributed by atoms with Crippen molar-refractivity contribution in [2.45, 2.75) is 30.8 Å². The fourth-order valence-corrected chi connectivity index (χ4v) is 3.19. The SMILES string of the molecule is Cc1cccc(Cl)c1-n1c(SCC(=O)O)nnc1C1CC1. The Morgan fingerprint density at radius 1 is 1.48 bits per heavy atom. The van der Waals surface area contributed by atoms with E-state index >= 15 is 0 Å². The molecular formula is C14H14ClN3O2S. The van der Waals surface area contributed by atoms with E-state index in [0.29, 0.717) is 16.1 Å². The average molecular weight is 324 g/mol. The zero-order valence-corrected chi connectivity index (χ0v) is 13.0. The lowest BCUT2D eigenvalue weighted by molar-refractivity contribution is -0.133. The van der Waals surface area contributed by atoms with Crippen LogP contribution in [0.25, 0.3) is 5.69 Å². The first-order chi connectivity index (χ1) is 10.1. The van der Waals surface area contributed by atoms with E-state index in [4.69, 9.17) is 16.7 Å². The number of carboxylic acid groups (broad SMARTS) is 1. The smallest absolute Gasteiger partial charge is 0.313 e. The van der Waals surface area contributed by atoms with Crippen molar-refractivity contribution in [1.29, 1.82) is 0 Å². The van der Waals surface area contributed by atoms with Gasteiger partial charge in [0.1, 0.15) is 5.82 Å². The minimum atomic E-state index is -0.876. The van der Waals surface area contributed by atoms with Crippen LogP contribution >= 0.6 is 23.4 Å². The van der Waals surface area contributed by atoms with Crippen molar-refractivity contribution < 1.29 is 9.90 Å². The van der Waals surface area contributed by atoms with Crippen molar-refractivity contribution in [3.8, 4) is 5.69 Å². The summed E-state index contributed by atoms with van der Waals surface area (Å²) in [6, 6.07) is 5.70. The van der Waals surface area contributed by atoms with Crippen LogP contribution in [0.2, 0.25) is 5.02 Å². The molecule has 2 aromatic rings. The van der Waals surface area contributed by atoms with Gasteiger partial charge in [0, 0.05) is 5.92 Å². The van der Waals surface area contributed by atoms with Gasteiger partial charge >= 0.3 is 5.97 Å². The third-order valence-corrected chi connectivity index (χ3v) is 4.56. The normalized spacial score (nSPS) is 14.4. The van der Waals surface area contributed by atoms with Gasteiger partial charge in [0.2, 0.25) is 0 Å². The number of halogens is 1. The van der Waals surface area contributed by atoms with Crippen molar-refractivity contribution in [1.82, 2.24) is 14.8 Å². The Kier molecular flexibility index (Phi) is 3.91. The maximum absolute atomic E-state index is 10.8. The molecule has 1 aromatic heterocycles. The fraction of sp³-hybridized carbons (Fsp3) is 0.357. The lowest BCUT2D eigenvalue weighted by Gasteiger charge is -2.13. The van der Waals surface area contributed by atoms with Gasteiger partial charge in [0.05, 0.1) is 16.5 Å². The van der Waals surface area contributed by atoms with E-state index in [1.807, 2.05) is 29.7 Å². The molecule has 1 aliphatic rings. The Labute approximate surface area is 131 Å². The summed E-state index contributed by atoms with van der Waals surface area (Å²) in [5.74, 6) is 0.344. The van der Waals surface area contributed by atoms with Crippen LogP contribution in [0.15, 0.2) is 23.4 Å². The van der Waals surface area contributed by atoms with Gasteiger partial charge in [-0.2, -0.15) is 0 Å². The maximum atomic E-state index is 10.8. The van der Waals surface area contributed by atoms with Crippen LogP contribution in [0, 0.1) is 6.92 Å². The summed E-state index contributed by atoms with van der Waals surface area (Å²) < 4.78 is 1.92. The monoisotopic (exact) mass is 323 g/mol. The minimum Gasteiger partial charge on any atom is -0.481 e. The molecule has 0 unspecified atom stereocenters. The maximum Gasteiger partial charge on any atom is 0.313 e. The zero-order valence-electron chi connectivity index (χ0n) is 11.4. The third-order valence-electron chi connectivity index (χ3n) is 3.34. The minimum absolute atomic E-state index is 0.0493. The second kappa shape index (κ2) is 5.69. The van der Waals surface area contributed by atoms with Crippen molar-refractivity contribution >= 4 is 29.3 Å². The largest absolute Gasteiger partial charge is 0.481 e. The van der Waals surface area contributed by atoms with E-state index in [9.17, 15) is 4.79 Å². The molecule has 110 valence electrons. The predicted molar refractivity (Wildman–Crippen MR) is 81.4 cm³/mol. The second-order valence-electron chi connectivity index (χ2n) is 5.04. The van der Waals surface area contributed by atoms with Gasteiger partial charge in [-0.15, -0.1) is 10.2 Å². The molecule has 7 heteroatoms. The molecule has 0 saturated heterocycles. The second-order valence-corrected chi connectivity index (χ2v) is 6.39. The van der Waals surface area contributed by atoms with Gasteiger partial charge in [-0.05, 0) is 31.4 Å². The highest BCUT2D eigenvalue weighted by atomic mass is 35.5. The molecule has 0 atom stereocenters. The summed E-state index contributed by atoms with van der Waals surface area (Å²) in [6.07, 6.45) is 2.18. The molecule has 5 nitrogen and oxygen atoms in total. The van der Waals surface area contributed by atoms with E-state index in [1.54, 1.807) is 0 Å². The number of carbonyl (C=O) groups is 1. The van der Waals surface area contributed by atoms with Gasteiger partial charge < -0.3 is 5.11 Å². The number of carboxylic acids is 1. The Morgan fingerprint density at radius 3 is 2.86 bits per heavy atom. The van der Waals surface area contributed by atoms with Crippen LogP contribution in [0.3, 0.4) is 0 Å². The number of rotatable bonds is 5.